The van der Waals surface area contributed by atoms with Gasteiger partial charge in [0.1, 0.15) is 0 Å². The standard InChI is InChI=1S/C5H12N2O2/c1-4-2-3-5(8,9)7-6-4/h4,6-9H,2-3H2,1H3/t4-/m0/s1. The van der Waals surface area contributed by atoms with Crippen LogP contribution in [0.5, 0.6) is 0 Å². The second-order valence-electron chi connectivity index (χ2n) is 2.53. The van der Waals surface area contributed by atoms with Gasteiger partial charge in [-0.05, 0) is 13.3 Å². The summed E-state index contributed by atoms with van der Waals surface area (Å²) in [7, 11) is 0. The van der Waals surface area contributed by atoms with Gasteiger partial charge in [-0.15, -0.1) is 0 Å². The SMILES string of the molecule is C[C@H]1CCC(O)(O)NN1. The Morgan fingerprint density at radius 1 is 1.56 bits per heavy atom. The molecule has 0 aromatic rings. The maximum atomic E-state index is 8.87. The van der Waals surface area contributed by atoms with E-state index >= 15 is 0 Å². The van der Waals surface area contributed by atoms with Gasteiger partial charge in [0.2, 0.25) is 5.91 Å². The summed E-state index contributed by atoms with van der Waals surface area (Å²) in [5, 5.41) is 17.7. The van der Waals surface area contributed by atoms with Gasteiger partial charge < -0.3 is 10.2 Å². The lowest BCUT2D eigenvalue weighted by atomic mass is 10.1. The van der Waals surface area contributed by atoms with E-state index in [1.807, 2.05) is 6.92 Å². The summed E-state index contributed by atoms with van der Waals surface area (Å²) < 4.78 is 0. The molecule has 4 nitrogen and oxygen atoms in total. The average molecular weight is 132 g/mol. The number of hydrogen-bond acceptors (Lipinski definition) is 4. The van der Waals surface area contributed by atoms with Crippen LogP contribution < -0.4 is 10.9 Å². The molecule has 0 bridgehead atoms. The van der Waals surface area contributed by atoms with Crippen LogP contribution in [-0.4, -0.2) is 22.2 Å². The Morgan fingerprint density at radius 2 is 2.22 bits per heavy atom. The quantitative estimate of drug-likeness (QED) is 0.316. The molecule has 0 aromatic carbocycles. The smallest absolute Gasteiger partial charge is 0.235 e. The van der Waals surface area contributed by atoms with Crippen LogP contribution in [0, 0.1) is 0 Å². The van der Waals surface area contributed by atoms with E-state index in [1.165, 1.54) is 0 Å². The van der Waals surface area contributed by atoms with Crippen LogP contribution in [-0.2, 0) is 0 Å². The molecular weight excluding hydrogens is 120 g/mol. The Morgan fingerprint density at radius 3 is 2.56 bits per heavy atom. The van der Waals surface area contributed by atoms with E-state index in [0.29, 0.717) is 12.5 Å². The molecule has 0 saturated carbocycles. The molecule has 0 aromatic heterocycles. The summed E-state index contributed by atoms with van der Waals surface area (Å²) in [4.78, 5) is 0. The lowest BCUT2D eigenvalue weighted by molar-refractivity contribution is -0.212. The Bertz CT molecular complexity index is 95.1. The molecule has 54 valence electrons. The minimum absolute atomic E-state index is 0.317. The Hall–Kier alpha value is -0.160. The average Bonchev–Trinajstić information content (AvgIpc) is 1.78. The van der Waals surface area contributed by atoms with Crippen molar-refractivity contribution in [3.8, 4) is 0 Å². The normalized spacial score (nSPS) is 34.3. The Balaban J connectivity index is 2.35. The molecule has 0 spiro atoms. The molecule has 1 aliphatic rings. The van der Waals surface area contributed by atoms with Crippen molar-refractivity contribution in [1.29, 1.82) is 0 Å². The van der Waals surface area contributed by atoms with Crippen molar-refractivity contribution >= 4 is 0 Å². The van der Waals surface area contributed by atoms with Gasteiger partial charge >= 0.3 is 0 Å². The van der Waals surface area contributed by atoms with Gasteiger partial charge in [0.25, 0.3) is 0 Å². The Kier molecular flexibility index (Phi) is 1.72. The van der Waals surface area contributed by atoms with Gasteiger partial charge in [-0.2, -0.15) is 0 Å². The van der Waals surface area contributed by atoms with Crippen LogP contribution in [0.1, 0.15) is 19.8 Å². The number of hydrazine groups is 1. The van der Waals surface area contributed by atoms with Crippen molar-refractivity contribution in [1.82, 2.24) is 10.9 Å². The van der Waals surface area contributed by atoms with Gasteiger partial charge in [0.15, 0.2) is 0 Å². The molecule has 0 unspecified atom stereocenters. The fourth-order valence-corrected chi connectivity index (χ4v) is 0.791. The van der Waals surface area contributed by atoms with E-state index in [0.717, 1.165) is 6.42 Å². The summed E-state index contributed by atoms with van der Waals surface area (Å²) in [6.45, 7) is 1.97. The first-order valence-corrected chi connectivity index (χ1v) is 3.08. The zero-order chi connectivity index (χ0) is 6.91. The van der Waals surface area contributed by atoms with Crippen LogP contribution in [0.4, 0.5) is 0 Å². The maximum Gasteiger partial charge on any atom is 0.235 e. The number of nitrogens with one attached hydrogen (secondary N) is 2. The minimum Gasteiger partial charge on any atom is -0.353 e. The van der Waals surface area contributed by atoms with Crippen LogP contribution in [0.15, 0.2) is 0 Å². The summed E-state index contributed by atoms with van der Waals surface area (Å²) in [5.41, 5.74) is 5.09. The minimum atomic E-state index is -1.70. The first-order valence-electron chi connectivity index (χ1n) is 3.08. The highest BCUT2D eigenvalue weighted by Crippen LogP contribution is 2.10. The molecule has 1 saturated heterocycles. The third-order valence-electron chi connectivity index (χ3n) is 1.44. The summed E-state index contributed by atoms with van der Waals surface area (Å²) >= 11 is 0. The van der Waals surface area contributed by atoms with Gasteiger partial charge in [-0.1, -0.05) is 0 Å². The number of aliphatic hydroxyl groups is 2. The highest BCUT2D eigenvalue weighted by Gasteiger charge is 2.27. The largest absolute Gasteiger partial charge is 0.353 e. The lowest BCUT2D eigenvalue weighted by Crippen LogP contribution is -2.59. The van der Waals surface area contributed by atoms with E-state index < -0.39 is 5.91 Å². The van der Waals surface area contributed by atoms with Crippen molar-refractivity contribution in [2.45, 2.75) is 31.7 Å². The molecule has 1 fully saturated rings. The molecular formula is C5H12N2O2. The molecule has 0 radical (unpaired) electrons. The van der Waals surface area contributed by atoms with Crippen molar-refractivity contribution < 1.29 is 10.2 Å². The highest BCUT2D eigenvalue weighted by molar-refractivity contribution is 4.71. The van der Waals surface area contributed by atoms with Crippen molar-refractivity contribution in [2.75, 3.05) is 0 Å². The van der Waals surface area contributed by atoms with Gasteiger partial charge in [0.05, 0.1) is 0 Å². The summed E-state index contributed by atoms with van der Waals surface area (Å²) in [5.74, 6) is -1.70. The molecule has 1 atom stereocenters. The zero-order valence-electron chi connectivity index (χ0n) is 5.39. The van der Waals surface area contributed by atoms with E-state index in [-0.39, 0.29) is 0 Å². The third kappa shape index (κ3) is 1.91. The Labute approximate surface area is 53.9 Å². The van der Waals surface area contributed by atoms with Crippen molar-refractivity contribution in [2.24, 2.45) is 0 Å². The summed E-state index contributed by atoms with van der Waals surface area (Å²) in [6, 6.07) is 0.317. The highest BCUT2D eigenvalue weighted by atomic mass is 16.5. The van der Waals surface area contributed by atoms with Crippen LogP contribution in [0.3, 0.4) is 0 Å². The first-order chi connectivity index (χ1) is 4.10. The van der Waals surface area contributed by atoms with E-state index in [2.05, 4.69) is 10.9 Å². The fourth-order valence-electron chi connectivity index (χ4n) is 0.791. The molecule has 0 aliphatic carbocycles. The third-order valence-corrected chi connectivity index (χ3v) is 1.44. The fraction of sp³-hybridized carbons (Fsp3) is 1.00. The first kappa shape index (κ1) is 6.95. The van der Waals surface area contributed by atoms with Crippen LogP contribution >= 0.6 is 0 Å². The van der Waals surface area contributed by atoms with E-state index in [1.54, 1.807) is 0 Å². The molecule has 1 rings (SSSR count). The van der Waals surface area contributed by atoms with E-state index in [9.17, 15) is 0 Å². The molecule has 4 N–H and O–H groups in total. The predicted octanol–water partition coefficient (Wildman–Crippen LogP) is -1.10. The van der Waals surface area contributed by atoms with Crippen LogP contribution in [0.2, 0.25) is 0 Å². The van der Waals surface area contributed by atoms with Gasteiger partial charge in [-0.25, -0.2) is 5.43 Å². The second-order valence-corrected chi connectivity index (χ2v) is 2.53. The lowest BCUT2D eigenvalue weighted by Gasteiger charge is -2.31. The molecule has 1 aliphatic heterocycles. The van der Waals surface area contributed by atoms with Gasteiger partial charge in [-0.3, -0.25) is 5.43 Å². The van der Waals surface area contributed by atoms with Crippen molar-refractivity contribution in [3.05, 3.63) is 0 Å². The summed E-state index contributed by atoms with van der Waals surface area (Å²) in [6.07, 6.45) is 1.15. The molecule has 1 heterocycles. The topological polar surface area (TPSA) is 64.5 Å². The monoisotopic (exact) mass is 132 g/mol. The molecule has 9 heavy (non-hydrogen) atoms. The van der Waals surface area contributed by atoms with Gasteiger partial charge in [0, 0.05) is 12.5 Å². The van der Waals surface area contributed by atoms with E-state index in [4.69, 9.17) is 10.2 Å². The number of rotatable bonds is 0. The van der Waals surface area contributed by atoms with Crippen molar-refractivity contribution in [3.63, 3.8) is 0 Å². The molecule has 0 amide bonds. The zero-order valence-corrected chi connectivity index (χ0v) is 5.39. The second kappa shape index (κ2) is 2.22. The number of hydrogen-bond donors (Lipinski definition) is 4. The molecule has 4 heteroatoms. The maximum absolute atomic E-state index is 8.87. The van der Waals surface area contributed by atoms with Crippen LogP contribution in [0.25, 0.3) is 0 Å². The predicted molar refractivity (Wildman–Crippen MR) is 32.1 cm³/mol.